The van der Waals surface area contributed by atoms with Crippen LogP contribution in [0.1, 0.15) is 19.2 Å². The normalized spacial score (nSPS) is 21.0. The molecule has 116 valence electrons. The Bertz CT molecular complexity index is 626. The first-order valence-corrected chi connectivity index (χ1v) is 7.60. The highest BCUT2D eigenvalue weighted by atomic mass is 16.5. The Morgan fingerprint density at radius 2 is 2.23 bits per heavy atom. The van der Waals surface area contributed by atoms with Crippen LogP contribution in [0.2, 0.25) is 0 Å². The molecule has 3 rings (SSSR count). The topological polar surface area (TPSA) is 79.9 Å². The molecule has 1 aliphatic rings. The number of aromatic amines is 1. The predicted molar refractivity (Wildman–Crippen MR) is 82.1 cm³/mol. The quantitative estimate of drug-likeness (QED) is 0.878. The SMILES string of the molecule is C[C@H]1OCC[C@H]1C(=O)NCCc1nc(-c2ccccc2)n[nH]1. The number of ether oxygens (including phenoxy) is 1. The Balaban J connectivity index is 1.50. The van der Waals surface area contributed by atoms with Crippen molar-refractivity contribution < 1.29 is 9.53 Å². The van der Waals surface area contributed by atoms with E-state index in [2.05, 4.69) is 20.5 Å². The molecule has 1 fully saturated rings. The Kier molecular flexibility index (Phi) is 4.48. The highest BCUT2D eigenvalue weighted by Gasteiger charge is 2.30. The van der Waals surface area contributed by atoms with Crippen LogP contribution in [0.15, 0.2) is 30.3 Å². The molecule has 2 heterocycles. The van der Waals surface area contributed by atoms with Gasteiger partial charge in [-0.25, -0.2) is 4.98 Å². The van der Waals surface area contributed by atoms with E-state index < -0.39 is 0 Å². The highest BCUT2D eigenvalue weighted by Crippen LogP contribution is 2.20. The van der Waals surface area contributed by atoms with Crippen molar-refractivity contribution >= 4 is 5.91 Å². The van der Waals surface area contributed by atoms with Gasteiger partial charge in [-0.3, -0.25) is 9.89 Å². The van der Waals surface area contributed by atoms with E-state index in [4.69, 9.17) is 4.74 Å². The maximum absolute atomic E-state index is 12.0. The number of nitrogens with one attached hydrogen (secondary N) is 2. The average Bonchev–Trinajstić information content (AvgIpc) is 3.17. The number of carbonyl (C=O) groups is 1. The number of hydrogen-bond acceptors (Lipinski definition) is 4. The first kappa shape index (κ1) is 14.7. The molecule has 1 aliphatic heterocycles. The van der Waals surface area contributed by atoms with Crippen LogP contribution in [0.4, 0.5) is 0 Å². The second-order valence-electron chi connectivity index (χ2n) is 5.48. The van der Waals surface area contributed by atoms with Crippen LogP contribution in [-0.2, 0) is 16.0 Å². The molecule has 2 aromatic rings. The van der Waals surface area contributed by atoms with E-state index in [0.717, 1.165) is 17.8 Å². The molecule has 1 amide bonds. The van der Waals surface area contributed by atoms with E-state index in [9.17, 15) is 4.79 Å². The molecular weight excluding hydrogens is 280 g/mol. The summed E-state index contributed by atoms with van der Waals surface area (Å²) < 4.78 is 5.41. The minimum Gasteiger partial charge on any atom is -0.378 e. The van der Waals surface area contributed by atoms with Gasteiger partial charge in [0.2, 0.25) is 5.91 Å². The number of aromatic nitrogens is 3. The summed E-state index contributed by atoms with van der Waals surface area (Å²) in [6.45, 7) is 3.16. The second kappa shape index (κ2) is 6.70. The van der Waals surface area contributed by atoms with Crippen LogP contribution in [0.5, 0.6) is 0 Å². The number of carbonyl (C=O) groups excluding carboxylic acids is 1. The molecule has 0 aliphatic carbocycles. The lowest BCUT2D eigenvalue weighted by Crippen LogP contribution is -2.35. The number of amides is 1. The van der Waals surface area contributed by atoms with Gasteiger partial charge in [0, 0.05) is 25.1 Å². The summed E-state index contributed by atoms with van der Waals surface area (Å²) in [5.74, 6) is 1.48. The second-order valence-corrected chi connectivity index (χ2v) is 5.48. The molecule has 1 aromatic carbocycles. The number of rotatable bonds is 5. The lowest BCUT2D eigenvalue weighted by Gasteiger charge is -2.13. The molecule has 6 heteroatoms. The molecular formula is C16H20N4O2. The molecule has 2 N–H and O–H groups in total. The molecule has 0 bridgehead atoms. The number of nitrogens with zero attached hydrogens (tertiary/aromatic N) is 2. The Hall–Kier alpha value is -2.21. The third kappa shape index (κ3) is 3.33. The van der Waals surface area contributed by atoms with Crippen molar-refractivity contribution in [2.24, 2.45) is 5.92 Å². The molecule has 22 heavy (non-hydrogen) atoms. The fourth-order valence-corrected chi connectivity index (χ4v) is 2.63. The van der Waals surface area contributed by atoms with E-state index in [1.165, 1.54) is 0 Å². The monoisotopic (exact) mass is 300 g/mol. The Morgan fingerprint density at radius 3 is 2.95 bits per heavy atom. The van der Waals surface area contributed by atoms with E-state index >= 15 is 0 Å². The maximum Gasteiger partial charge on any atom is 0.225 e. The van der Waals surface area contributed by atoms with Crippen molar-refractivity contribution in [3.05, 3.63) is 36.2 Å². The van der Waals surface area contributed by atoms with Crippen LogP contribution < -0.4 is 5.32 Å². The number of benzene rings is 1. The van der Waals surface area contributed by atoms with Gasteiger partial charge in [-0.2, -0.15) is 5.10 Å². The molecule has 0 unspecified atom stereocenters. The zero-order valence-electron chi connectivity index (χ0n) is 12.6. The van der Waals surface area contributed by atoms with Crippen LogP contribution >= 0.6 is 0 Å². The average molecular weight is 300 g/mol. The standard InChI is InChI=1S/C16H20N4O2/c1-11-13(8-10-22-11)16(21)17-9-7-14-18-15(20-19-14)12-5-3-2-4-6-12/h2-6,11,13H,7-10H2,1H3,(H,17,21)(H,18,19,20)/t11-,13-/m1/s1. The van der Waals surface area contributed by atoms with Gasteiger partial charge in [0.15, 0.2) is 5.82 Å². The summed E-state index contributed by atoms with van der Waals surface area (Å²) in [5.41, 5.74) is 0.978. The summed E-state index contributed by atoms with van der Waals surface area (Å²) in [6, 6.07) is 9.81. The van der Waals surface area contributed by atoms with Gasteiger partial charge >= 0.3 is 0 Å². The van der Waals surface area contributed by atoms with Crippen LogP contribution in [0.3, 0.4) is 0 Å². The van der Waals surface area contributed by atoms with Gasteiger partial charge < -0.3 is 10.1 Å². The molecule has 6 nitrogen and oxygen atoms in total. The zero-order chi connectivity index (χ0) is 15.4. The molecule has 0 radical (unpaired) electrons. The third-order valence-corrected chi connectivity index (χ3v) is 3.94. The molecule has 1 aromatic heterocycles. The minimum absolute atomic E-state index is 0.00922. The Labute approximate surface area is 129 Å². The van der Waals surface area contributed by atoms with E-state index in [1.807, 2.05) is 37.3 Å². The van der Waals surface area contributed by atoms with Crippen molar-refractivity contribution in [1.82, 2.24) is 20.5 Å². The van der Waals surface area contributed by atoms with E-state index in [-0.39, 0.29) is 17.9 Å². The van der Waals surface area contributed by atoms with Gasteiger partial charge in [0.05, 0.1) is 12.0 Å². The summed E-state index contributed by atoms with van der Waals surface area (Å²) in [4.78, 5) is 16.5. The first-order valence-electron chi connectivity index (χ1n) is 7.60. The first-order chi connectivity index (χ1) is 10.7. The fraction of sp³-hybridized carbons (Fsp3) is 0.438. The van der Waals surface area contributed by atoms with E-state index in [1.54, 1.807) is 0 Å². The van der Waals surface area contributed by atoms with Crippen molar-refractivity contribution in [3.63, 3.8) is 0 Å². The maximum atomic E-state index is 12.0. The predicted octanol–water partition coefficient (Wildman–Crippen LogP) is 1.56. The largest absolute Gasteiger partial charge is 0.378 e. The van der Waals surface area contributed by atoms with Gasteiger partial charge in [0.1, 0.15) is 5.82 Å². The van der Waals surface area contributed by atoms with Crippen LogP contribution in [0.25, 0.3) is 11.4 Å². The smallest absolute Gasteiger partial charge is 0.225 e. The van der Waals surface area contributed by atoms with Gasteiger partial charge in [-0.15, -0.1) is 0 Å². The summed E-state index contributed by atoms with van der Waals surface area (Å²) in [7, 11) is 0. The van der Waals surface area contributed by atoms with Gasteiger partial charge in [-0.05, 0) is 13.3 Å². The lowest BCUT2D eigenvalue weighted by atomic mass is 10.0. The van der Waals surface area contributed by atoms with Crippen molar-refractivity contribution in [2.75, 3.05) is 13.2 Å². The summed E-state index contributed by atoms with van der Waals surface area (Å²) in [5, 5.41) is 10.1. The van der Waals surface area contributed by atoms with Gasteiger partial charge in [-0.1, -0.05) is 30.3 Å². The van der Waals surface area contributed by atoms with Crippen molar-refractivity contribution in [1.29, 1.82) is 0 Å². The van der Waals surface area contributed by atoms with Gasteiger partial charge in [0.25, 0.3) is 0 Å². The molecule has 1 saturated heterocycles. The summed E-state index contributed by atoms with van der Waals surface area (Å²) in [6.07, 6.45) is 1.44. The molecule has 2 atom stereocenters. The molecule has 0 spiro atoms. The third-order valence-electron chi connectivity index (χ3n) is 3.94. The van der Waals surface area contributed by atoms with Crippen molar-refractivity contribution in [2.45, 2.75) is 25.9 Å². The lowest BCUT2D eigenvalue weighted by molar-refractivity contribution is -0.126. The minimum atomic E-state index is -0.0328. The number of H-pyrrole nitrogens is 1. The summed E-state index contributed by atoms with van der Waals surface area (Å²) >= 11 is 0. The van der Waals surface area contributed by atoms with Crippen LogP contribution in [0, 0.1) is 5.92 Å². The zero-order valence-corrected chi connectivity index (χ0v) is 12.6. The van der Waals surface area contributed by atoms with Crippen LogP contribution in [-0.4, -0.2) is 40.3 Å². The highest BCUT2D eigenvalue weighted by molar-refractivity contribution is 5.79. The fourth-order valence-electron chi connectivity index (χ4n) is 2.63. The van der Waals surface area contributed by atoms with E-state index in [0.29, 0.717) is 25.4 Å². The Morgan fingerprint density at radius 1 is 1.41 bits per heavy atom. The van der Waals surface area contributed by atoms with Crippen molar-refractivity contribution in [3.8, 4) is 11.4 Å². The number of hydrogen-bond donors (Lipinski definition) is 2. The molecule has 0 saturated carbocycles.